The third kappa shape index (κ3) is 6.99. The van der Waals surface area contributed by atoms with Crippen LogP contribution in [0, 0.1) is 11.8 Å². The van der Waals surface area contributed by atoms with Gasteiger partial charge in [0.25, 0.3) is 0 Å². The minimum atomic E-state index is -4.91. The Labute approximate surface area is 173 Å². The summed E-state index contributed by atoms with van der Waals surface area (Å²) in [6.07, 6.45) is -1.86. The first-order valence-electron chi connectivity index (χ1n) is 10.3. The highest BCUT2D eigenvalue weighted by atomic mass is 31.2. The van der Waals surface area contributed by atoms with Crippen LogP contribution in [0.2, 0.25) is 0 Å². The number of phosphoric ester groups is 1. The molecule has 2 rings (SSSR count). The van der Waals surface area contributed by atoms with Crippen molar-refractivity contribution in [2.75, 3.05) is 6.61 Å². The molecule has 8 atom stereocenters. The predicted octanol–water partition coefficient (Wildman–Crippen LogP) is 1.76. The SMILES string of the molecule is CC(C)OC[C@H]1C(N)[C@@H](C)C[C@H]1OP(=O)([O-])OC(=O)[C@H]1O[C@@H](C)CC1OC(C)C. The molecule has 2 aliphatic rings. The Hall–Kier alpha value is -0.540. The summed E-state index contributed by atoms with van der Waals surface area (Å²) in [5, 5.41) is 0. The van der Waals surface area contributed by atoms with Crippen LogP contribution in [0.3, 0.4) is 0 Å². The molecule has 0 bridgehead atoms. The van der Waals surface area contributed by atoms with Gasteiger partial charge in [-0.2, -0.15) is 0 Å². The highest BCUT2D eigenvalue weighted by Gasteiger charge is 2.44. The van der Waals surface area contributed by atoms with E-state index in [1.165, 1.54) is 0 Å². The molecule has 29 heavy (non-hydrogen) atoms. The van der Waals surface area contributed by atoms with Gasteiger partial charge >= 0.3 is 13.8 Å². The zero-order valence-electron chi connectivity index (χ0n) is 18.1. The van der Waals surface area contributed by atoms with Crippen LogP contribution in [0.1, 0.15) is 54.4 Å². The van der Waals surface area contributed by atoms with Crippen LogP contribution < -0.4 is 10.6 Å². The molecule has 170 valence electrons. The summed E-state index contributed by atoms with van der Waals surface area (Å²) in [7, 11) is -4.91. The monoisotopic (exact) mass is 436 g/mol. The first kappa shape index (κ1) is 24.7. The van der Waals surface area contributed by atoms with Gasteiger partial charge in [0.15, 0.2) is 6.10 Å². The average molecular weight is 436 g/mol. The molecular formula is C19H35NO8P-. The molecule has 0 radical (unpaired) electrons. The molecule has 1 aliphatic carbocycles. The Morgan fingerprint density at radius 3 is 2.41 bits per heavy atom. The summed E-state index contributed by atoms with van der Waals surface area (Å²) in [5.41, 5.74) is 6.20. The minimum Gasteiger partial charge on any atom is -0.746 e. The lowest BCUT2D eigenvalue weighted by atomic mass is 10.0. The highest BCUT2D eigenvalue weighted by Crippen LogP contribution is 2.47. The van der Waals surface area contributed by atoms with Crippen molar-refractivity contribution in [2.45, 2.75) is 97.0 Å². The van der Waals surface area contributed by atoms with Crippen LogP contribution in [-0.4, -0.2) is 55.2 Å². The molecule has 9 nitrogen and oxygen atoms in total. The standard InChI is InChI=1S/C19H36NO8P/c1-10(2)24-9-14-15(7-12(5)17(14)20)27-29(22,23)28-19(21)18-16(25-11(3)4)8-13(6)26-18/h10-18H,7-9,20H2,1-6H3,(H,22,23)/p-1/t12-,13-,14+,15+,16?,17?,18-/m0/s1. The maximum atomic E-state index is 12.5. The number of hydrogen-bond donors (Lipinski definition) is 1. The third-order valence-electron chi connectivity index (χ3n) is 5.28. The second kappa shape index (κ2) is 10.2. The first-order chi connectivity index (χ1) is 13.4. The minimum absolute atomic E-state index is 0.0185. The van der Waals surface area contributed by atoms with E-state index in [9.17, 15) is 14.3 Å². The van der Waals surface area contributed by atoms with Gasteiger partial charge in [0.1, 0.15) is 0 Å². The molecule has 2 fully saturated rings. The summed E-state index contributed by atoms with van der Waals surface area (Å²) in [4.78, 5) is 24.9. The Morgan fingerprint density at radius 2 is 1.83 bits per heavy atom. The van der Waals surface area contributed by atoms with Crippen molar-refractivity contribution in [3.05, 3.63) is 0 Å². The van der Waals surface area contributed by atoms with E-state index in [1.807, 2.05) is 34.6 Å². The summed E-state index contributed by atoms with van der Waals surface area (Å²) < 4.78 is 39.3. The van der Waals surface area contributed by atoms with Gasteiger partial charge in [-0.25, -0.2) is 4.79 Å². The summed E-state index contributed by atoms with van der Waals surface area (Å²) in [6, 6.07) is -0.266. The van der Waals surface area contributed by atoms with Gasteiger partial charge in [0.05, 0.1) is 37.1 Å². The number of nitrogens with two attached hydrogens (primary N) is 1. The van der Waals surface area contributed by atoms with Gasteiger partial charge in [-0.05, 0) is 47.0 Å². The Bertz CT molecular complexity index is 601. The van der Waals surface area contributed by atoms with Crippen LogP contribution in [0.4, 0.5) is 0 Å². The van der Waals surface area contributed by atoms with E-state index >= 15 is 0 Å². The van der Waals surface area contributed by atoms with Crippen molar-refractivity contribution in [3.63, 3.8) is 0 Å². The van der Waals surface area contributed by atoms with Gasteiger partial charge in [0.2, 0.25) is 0 Å². The van der Waals surface area contributed by atoms with E-state index in [4.69, 9.17) is 29.0 Å². The molecule has 1 saturated heterocycles. The number of carbonyl (C=O) groups is 1. The lowest BCUT2D eigenvalue weighted by Gasteiger charge is -2.31. The summed E-state index contributed by atoms with van der Waals surface area (Å²) >= 11 is 0. The molecule has 1 saturated carbocycles. The molecule has 0 aromatic carbocycles. The van der Waals surface area contributed by atoms with Crippen LogP contribution >= 0.6 is 7.82 Å². The van der Waals surface area contributed by atoms with Crippen molar-refractivity contribution < 1.29 is 37.5 Å². The van der Waals surface area contributed by atoms with E-state index in [2.05, 4.69) is 0 Å². The smallest absolute Gasteiger partial charge is 0.343 e. The predicted molar refractivity (Wildman–Crippen MR) is 104 cm³/mol. The van der Waals surface area contributed by atoms with Crippen molar-refractivity contribution in [3.8, 4) is 0 Å². The molecule has 0 amide bonds. The zero-order valence-corrected chi connectivity index (χ0v) is 19.0. The van der Waals surface area contributed by atoms with Gasteiger partial charge in [-0.15, -0.1) is 0 Å². The molecule has 0 aromatic heterocycles. The van der Waals surface area contributed by atoms with Crippen molar-refractivity contribution >= 4 is 13.8 Å². The fourth-order valence-electron chi connectivity index (χ4n) is 3.89. The molecule has 3 unspecified atom stereocenters. The van der Waals surface area contributed by atoms with Gasteiger partial charge in [-0.1, -0.05) is 6.92 Å². The maximum Gasteiger partial charge on any atom is 0.343 e. The van der Waals surface area contributed by atoms with Crippen molar-refractivity contribution in [1.29, 1.82) is 0 Å². The van der Waals surface area contributed by atoms with E-state index in [0.717, 1.165) is 0 Å². The fraction of sp³-hybridized carbons (Fsp3) is 0.947. The molecule has 0 aromatic rings. The first-order valence-corrected chi connectivity index (χ1v) is 11.8. The van der Waals surface area contributed by atoms with Crippen LogP contribution in [-0.2, 0) is 32.6 Å². The molecule has 1 aliphatic heterocycles. The molecule has 2 N–H and O–H groups in total. The average Bonchev–Trinajstić information content (AvgIpc) is 3.04. The number of ether oxygens (including phenoxy) is 3. The lowest BCUT2D eigenvalue weighted by Crippen LogP contribution is -2.38. The van der Waals surface area contributed by atoms with E-state index in [1.54, 1.807) is 6.92 Å². The molecule has 1 heterocycles. The maximum absolute atomic E-state index is 12.5. The normalized spacial score (nSPS) is 37.2. The van der Waals surface area contributed by atoms with Gasteiger partial charge < -0.3 is 33.9 Å². The van der Waals surface area contributed by atoms with Gasteiger partial charge in [0, 0.05) is 18.4 Å². The molecular weight excluding hydrogens is 401 g/mol. The largest absolute Gasteiger partial charge is 0.746 e. The Balaban J connectivity index is 2.00. The molecule has 0 spiro atoms. The van der Waals surface area contributed by atoms with E-state index in [0.29, 0.717) is 12.8 Å². The van der Waals surface area contributed by atoms with Crippen LogP contribution in [0.15, 0.2) is 0 Å². The number of hydrogen-bond acceptors (Lipinski definition) is 9. The number of rotatable bonds is 9. The second-order valence-corrected chi connectivity index (χ2v) is 9.95. The van der Waals surface area contributed by atoms with Crippen LogP contribution in [0.25, 0.3) is 0 Å². The number of phosphoric acid groups is 1. The van der Waals surface area contributed by atoms with Crippen LogP contribution in [0.5, 0.6) is 0 Å². The fourth-order valence-corrected chi connectivity index (χ4v) is 4.83. The highest BCUT2D eigenvalue weighted by molar-refractivity contribution is 7.46. The van der Waals surface area contributed by atoms with E-state index in [-0.39, 0.29) is 42.8 Å². The lowest BCUT2D eigenvalue weighted by molar-refractivity contribution is -0.232. The number of carbonyl (C=O) groups excluding carboxylic acids is 1. The quantitative estimate of drug-likeness (QED) is 0.537. The zero-order chi connectivity index (χ0) is 21.9. The summed E-state index contributed by atoms with van der Waals surface area (Å²) in [6.45, 7) is 11.4. The third-order valence-corrected chi connectivity index (χ3v) is 6.21. The van der Waals surface area contributed by atoms with Crippen molar-refractivity contribution in [2.24, 2.45) is 17.6 Å². The van der Waals surface area contributed by atoms with E-state index < -0.39 is 32.1 Å². The Kier molecular flexibility index (Phi) is 8.68. The second-order valence-electron chi connectivity index (χ2n) is 8.66. The van der Waals surface area contributed by atoms with Gasteiger partial charge in [-0.3, -0.25) is 4.57 Å². The molecule has 10 heteroatoms. The topological polar surface area (TPSA) is 129 Å². The summed E-state index contributed by atoms with van der Waals surface area (Å²) in [5.74, 6) is -1.28. The van der Waals surface area contributed by atoms with Crippen molar-refractivity contribution in [1.82, 2.24) is 0 Å². The Morgan fingerprint density at radius 1 is 1.17 bits per heavy atom.